The summed E-state index contributed by atoms with van der Waals surface area (Å²) in [4.78, 5) is 10.6. The van der Waals surface area contributed by atoms with Crippen LogP contribution in [0.2, 0.25) is 0 Å². The van der Waals surface area contributed by atoms with E-state index in [1.54, 1.807) is 0 Å². The van der Waals surface area contributed by atoms with E-state index in [0.717, 1.165) is 12.8 Å². The van der Waals surface area contributed by atoms with Crippen LogP contribution >= 0.6 is 0 Å². The zero-order valence-corrected chi connectivity index (χ0v) is 7.30. The van der Waals surface area contributed by atoms with Crippen molar-refractivity contribution in [1.29, 1.82) is 0 Å². The van der Waals surface area contributed by atoms with Crippen LogP contribution < -0.4 is 0 Å². The summed E-state index contributed by atoms with van der Waals surface area (Å²) in [5.74, 6) is 0.346. The quantitative estimate of drug-likeness (QED) is 0.621. The van der Waals surface area contributed by atoms with E-state index in [9.17, 15) is 4.79 Å². The molecule has 0 N–H and O–H groups in total. The van der Waals surface area contributed by atoms with E-state index >= 15 is 0 Å². The number of ether oxygens (including phenoxy) is 1. The summed E-state index contributed by atoms with van der Waals surface area (Å²) >= 11 is 0. The van der Waals surface area contributed by atoms with E-state index in [2.05, 4.69) is 13.8 Å². The molecular formula is C9H16O2. The largest absolute Gasteiger partial charge is 0.374 e. The molecule has 0 aromatic carbocycles. The average Bonchev–Trinajstić information content (AvgIpc) is 1.85. The molecule has 1 aliphatic rings. The van der Waals surface area contributed by atoms with Gasteiger partial charge in [-0.05, 0) is 13.3 Å². The van der Waals surface area contributed by atoms with Gasteiger partial charge in [0.2, 0.25) is 0 Å². The molecule has 0 aliphatic heterocycles. The molecule has 0 aromatic rings. The van der Waals surface area contributed by atoms with Crippen LogP contribution in [0.1, 0.15) is 39.5 Å². The van der Waals surface area contributed by atoms with E-state index in [4.69, 9.17) is 4.74 Å². The average molecular weight is 156 g/mol. The highest BCUT2D eigenvalue weighted by Gasteiger charge is 2.28. The summed E-state index contributed by atoms with van der Waals surface area (Å²) in [5.41, 5.74) is 0. The van der Waals surface area contributed by atoms with Crippen molar-refractivity contribution in [1.82, 2.24) is 0 Å². The number of ketones is 1. The summed E-state index contributed by atoms with van der Waals surface area (Å²) < 4.78 is 5.58. The molecule has 0 spiro atoms. The summed E-state index contributed by atoms with van der Waals surface area (Å²) in [6.07, 6.45) is 4.12. The van der Waals surface area contributed by atoms with Gasteiger partial charge in [0.05, 0.1) is 12.2 Å². The highest BCUT2D eigenvalue weighted by molar-refractivity contribution is 5.85. The van der Waals surface area contributed by atoms with Crippen LogP contribution in [-0.4, -0.2) is 18.0 Å². The van der Waals surface area contributed by atoms with Crippen molar-refractivity contribution in [2.45, 2.75) is 51.7 Å². The van der Waals surface area contributed by atoms with Gasteiger partial charge in [-0.1, -0.05) is 13.3 Å². The first-order chi connectivity index (χ1) is 5.22. The Morgan fingerprint density at radius 3 is 2.73 bits per heavy atom. The topological polar surface area (TPSA) is 26.3 Å². The van der Waals surface area contributed by atoms with Crippen LogP contribution in [0.25, 0.3) is 0 Å². The fourth-order valence-corrected chi connectivity index (χ4v) is 1.35. The molecule has 0 radical (unpaired) electrons. The van der Waals surface area contributed by atoms with Crippen molar-refractivity contribution >= 4 is 5.78 Å². The van der Waals surface area contributed by atoms with Gasteiger partial charge in [-0.15, -0.1) is 0 Å². The third kappa shape index (κ3) is 2.62. The van der Waals surface area contributed by atoms with Crippen LogP contribution in [0.3, 0.4) is 0 Å². The van der Waals surface area contributed by atoms with Crippen molar-refractivity contribution in [3.8, 4) is 0 Å². The maximum atomic E-state index is 10.6. The number of hydrogen-bond acceptors (Lipinski definition) is 2. The van der Waals surface area contributed by atoms with Crippen LogP contribution in [0.4, 0.5) is 0 Å². The Morgan fingerprint density at radius 2 is 2.27 bits per heavy atom. The van der Waals surface area contributed by atoms with Gasteiger partial charge in [0, 0.05) is 12.8 Å². The third-order valence-electron chi connectivity index (χ3n) is 2.03. The molecule has 2 nitrogen and oxygen atoms in total. The molecule has 1 atom stereocenters. The van der Waals surface area contributed by atoms with Crippen molar-refractivity contribution in [2.24, 2.45) is 0 Å². The first-order valence-electron chi connectivity index (χ1n) is 4.39. The number of carbonyl (C=O) groups excluding carboxylic acids is 1. The van der Waals surface area contributed by atoms with Gasteiger partial charge in [-0.25, -0.2) is 0 Å². The lowest BCUT2D eigenvalue weighted by Crippen LogP contribution is -2.33. The van der Waals surface area contributed by atoms with Crippen LogP contribution in [-0.2, 0) is 9.53 Å². The van der Waals surface area contributed by atoms with E-state index < -0.39 is 0 Å². The molecule has 1 fully saturated rings. The minimum absolute atomic E-state index is 0.240. The molecule has 11 heavy (non-hydrogen) atoms. The number of Topliss-reactive ketones (excluding diaryl/α,β-unsaturated/α-hetero) is 1. The predicted octanol–water partition coefficient (Wildman–Crippen LogP) is 1.92. The maximum Gasteiger partial charge on any atom is 0.138 e. The highest BCUT2D eigenvalue weighted by atomic mass is 16.5. The Bertz CT molecular complexity index is 134. The third-order valence-corrected chi connectivity index (χ3v) is 2.03. The summed E-state index contributed by atoms with van der Waals surface area (Å²) in [7, 11) is 0. The summed E-state index contributed by atoms with van der Waals surface area (Å²) in [6, 6.07) is 0. The predicted molar refractivity (Wildman–Crippen MR) is 43.5 cm³/mol. The molecule has 64 valence electrons. The maximum absolute atomic E-state index is 10.6. The van der Waals surface area contributed by atoms with E-state index in [1.165, 1.54) is 0 Å². The van der Waals surface area contributed by atoms with Gasteiger partial charge < -0.3 is 4.74 Å². The Balaban J connectivity index is 2.06. The molecule has 0 bridgehead atoms. The normalized spacial score (nSPS) is 21.5. The molecule has 0 aromatic heterocycles. The summed E-state index contributed by atoms with van der Waals surface area (Å²) in [5, 5.41) is 0. The van der Waals surface area contributed by atoms with Crippen molar-refractivity contribution in [3.05, 3.63) is 0 Å². The fraction of sp³-hybridized carbons (Fsp3) is 0.889. The number of hydrogen-bond donors (Lipinski definition) is 0. The minimum Gasteiger partial charge on any atom is -0.374 e. The zero-order chi connectivity index (χ0) is 8.27. The SMILES string of the molecule is CCCC(C)OC1CC(=O)C1. The van der Waals surface area contributed by atoms with E-state index in [1.807, 2.05) is 0 Å². The highest BCUT2D eigenvalue weighted by Crippen LogP contribution is 2.20. The van der Waals surface area contributed by atoms with Crippen LogP contribution in [0.15, 0.2) is 0 Å². The van der Waals surface area contributed by atoms with Gasteiger partial charge in [0.25, 0.3) is 0 Å². The second-order valence-electron chi connectivity index (χ2n) is 3.30. The second-order valence-corrected chi connectivity index (χ2v) is 3.30. The fourth-order valence-electron chi connectivity index (χ4n) is 1.35. The molecular weight excluding hydrogens is 140 g/mol. The lowest BCUT2D eigenvalue weighted by Gasteiger charge is -2.27. The minimum atomic E-state index is 0.240. The van der Waals surface area contributed by atoms with E-state index in [-0.39, 0.29) is 6.10 Å². The molecule has 1 rings (SSSR count). The lowest BCUT2D eigenvalue weighted by atomic mass is 9.94. The lowest BCUT2D eigenvalue weighted by molar-refractivity contribution is -0.137. The van der Waals surface area contributed by atoms with Crippen LogP contribution in [0, 0.1) is 0 Å². The van der Waals surface area contributed by atoms with Crippen molar-refractivity contribution in [3.63, 3.8) is 0 Å². The summed E-state index contributed by atoms with van der Waals surface area (Å²) in [6.45, 7) is 4.22. The zero-order valence-electron chi connectivity index (χ0n) is 7.30. The molecule has 1 unspecified atom stereocenters. The first kappa shape index (κ1) is 8.72. The first-order valence-corrected chi connectivity index (χ1v) is 4.39. The number of rotatable bonds is 4. The molecule has 0 heterocycles. The Morgan fingerprint density at radius 1 is 1.64 bits per heavy atom. The Hall–Kier alpha value is -0.370. The Kier molecular flexibility index (Phi) is 3.06. The van der Waals surface area contributed by atoms with Crippen LogP contribution in [0.5, 0.6) is 0 Å². The molecule has 0 amide bonds. The smallest absolute Gasteiger partial charge is 0.138 e. The molecule has 1 saturated carbocycles. The standard InChI is InChI=1S/C9H16O2/c1-3-4-7(2)11-9-5-8(10)6-9/h7,9H,3-6H2,1-2H3. The molecule has 2 heteroatoms. The number of carbonyl (C=O) groups is 1. The van der Waals surface area contributed by atoms with Gasteiger partial charge in [0.1, 0.15) is 5.78 Å². The van der Waals surface area contributed by atoms with Gasteiger partial charge in [-0.2, -0.15) is 0 Å². The van der Waals surface area contributed by atoms with Gasteiger partial charge in [-0.3, -0.25) is 4.79 Å². The monoisotopic (exact) mass is 156 g/mol. The molecule has 1 aliphatic carbocycles. The van der Waals surface area contributed by atoms with Crippen molar-refractivity contribution < 1.29 is 9.53 Å². The molecule has 0 saturated heterocycles. The second kappa shape index (κ2) is 3.86. The van der Waals surface area contributed by atoms with E-state index in [0.29, 0.717) is 24.7 Å². The van der Waals surface area contributed by atoms with Gasteiger partial charge >= 0.3 is 0 Å². The Labute approximate surface area is 67.9 Å². The van der Waals surface area contributed by atoms with Crippen molar-refractivity contribution in [2.75, 3.05) is 0 Å². The van der Waals surface area contributed by atoms with Gasteiger partial charge in [0.15, 0.2) is 0 Å².